The molecule has 0 spiro atoms. The van der Waals surface area contributed by atoms with E-state index in [4.69, 9.17) is 4.74 Å². The lowest BCUT2D eigenvalue weighted by Crippen LogP contribution is -2.40. The van der Waals surface area contributed by atoms with Crippen LogP contribution in [0.3, 0.4) is 0 Å². The molecular weight excluding hydrogens is 461 g/mol. The molecule has 0 aliphatic carbocycles. The van der Waals surface area contributed by atoms with Crippen LogP contribution in [-0.2, 0) is 4.74 Å². The van der Waals surface area contributed by atoms with Crippen LogP contribution in [0, 0.1) is 0 Å². The number of rotatable bonds is 7. The van der Waals surface area contributed by atoms with Gasteiger partial charge in [-0.25, -0.2) is 0 Å². The number of hydrogen-bond acceptors (Lipinski definition) is 2. The van der Waals surface area contributed by atoms with Crippen molar-refractivity contribution in [3.8, 4) is 0 Å². The van der Waals surface area contributed by atoms with Crippen LogP contribution in [-0.4, -0.2) is 39.3 Å². The SMILES string of the molecule is CN=C(NCCC1=CCOCC1)NCC(c1ccccc1)c1ccccc1.I. The summed E-state index contributed by atoms with van der Waals surface area (Å²) in [6.45, 7) is 3.27. The van der Waals surface area contributed by atoms with Crippen molar-refractivity contribution in [2.24, 2.45) is 4.99 Å². The van der Waals surface area contributed by atoms with Gasteiger partial charge in [-0.15, -0.1) is 24.0 Å². The van der Waals surface area contributed by atoms with E-state index < -0.39 is 0 Å². The first-order valence-corrected chi connectivity index (χ1v) is 9.67. The van der Waals surface area contributed by atoms with E-state index in [-0.39, 0.29) is 29.9 Å². The lowest BCUT2D eigenvalue weighted by molar-refractivity contribution is 0.153. The molecule has 2 aromatic rings. The Kier molecular flexibility index (Phi) is 10.1. The molecule has 28 heavy (non-hydrogen) atoms. The standard InChI is InChI=1S/C23H29N3O.HI/c1-24-23(25-15-12-19-13-16-27-17-14-19)26-18-22(20-8-4-2-5-9-20)21-10-6-3-7-11-21;/h2-11,13,22H,12,14-18H2,1H3,(H2,24,25,26);1H. The molecule has 5 heteroatoms. The Hall–Kier alpha value is -1.86. The van der Waals surface area contributed by atoms with E-state index in [0.29, 0.717) is 0 Å². The topological polar surface area (TPSA) is 45.7 Å². The monoisotopic (exact) mass is 491 g/mol. The zero-order valence-electron chi connectivity index (χ0n) is 16.4. The Morgan fingerprint density at radius 3 is 2.18 bits per heavy atom. The van der Waals surface area contributed by atoms with Crippen LogP contribution in [0.5, 0.6) is 0 Å². The predicted octanol–water partition coefficient (Wildman–Crippen LogP) is 4.34. The predicted molar refractivity (Wildman–Crippen MR) is 128 cm³/mol. The average Bonchev–Trinajstić information content (AvgIpc) is 2.75. The van der Waals surface area contributed by atoms with E-state index in [1.54, 1.807) is 0 Å². The highest BCUT2D eigenvalue weighted by Crippen LogP contribution is 2.23. The van der Waals surface area contributed by atoms with Crippen LogP contribution in [0.15, 0.2) is 77.3 Å². The molecule has 1 aliphatic heterocycles. The molecule has 3 rings (SSSR count). The van der Waals surface area contributed by atoms with Crippen molar-refractivity contribution in [1.29, 1.82) is 0 Å². The number of guanidine groups is 1. The number of ether oxygens (including phenoxy) is 1. The van der Waals surface area contributed by atoms with Crippen molar-refractivity contribution in [3.05, 3.63) is 83.4 Å². The van der Waals surface area contributed by atoms with Gasteiger partial charge in [0.05, 0.1) is 13.2 Å². The summed E-state index contributed by atoms with van der Waals surface area (Å²) in [7, 11) is 1.82. The van der Waals surface area contributed by atoms with Gasteiger partial charge in [-0.2, -0.15) is 0 Å². The van der Waals surface area contributed by atoms with Crippen molar-refractivity contribution < 1.29 is 4.74 Å². The summed E-state index contributed by atoms with van der Waals surface area (Å²) in [5.41, 5.74) is 4.08. The fraction of sp³-hybridized carbons (Fsp3) is 0.348. The molecule has 0 aromatic heterocycles. The van der Waals surface area contributed by atoms with Crippen molar-refractivity contribution in [3.63, 3.8) is 0 Å². The molecule has 1 aliphatic rings. The highest BCUT2D eigenvalue weighted by molar-refractivity contribution is 14.0. The van der Waals surface area contributed by atoms with Crippen LogP contribution in [0.1, 0.15) is 29.9 Å². The number of nitrogens with one attached hydrogen (secondary N) is 2. The molecule has 0 bridgehead atoms. The van der Waals surface area contributed by atoms with E-state index in [9.17, 15) is 0 Å². The van der Waals surface area contributed by atoms with E-state index in [2.05, 4.69) is 82.4 Å². The van der Waals surface area contributed by atoms with Gasteiger partial charge in [0.2, 0.25) is 0 Å². The van der Waals surface area contributed by atoms with Crippen LogP contribution >= 0.6 is 24.0 Å². The number of aliphatic imine (C=N–C) groups is 1. The smallest absolute Gasteiger partial charge is 0.191 e. The molecule has 0 saturated carbocycles. The van der Waals surface area contributed by atoms with Gasteiger partial charge in [0.25, 0.3) is 0 Å². The third kappa shape index (κ3) is 6.95. The zero-order valence-corrected chi connectivity index (χ0v) is 18.8. The Labute approximate surface area is 185 Å². The summed E-state index contributed by atoms with van der Waals surface area (Å²) in [5, 5.41) is 6.93. The first-order chi connectivity index (χ1) is 13.4. The Morgan fingerprint density at radius 1 is 1.00 bits per heavy atom. The molecule has 0 fully saturated rings. The van der Waals surface area contributed by atoms with Crippen molar-refractivity contribution in [2.75, 3.05) is 33.4 Å². The van der Waals surface area contributed by atoms with Crippen LogP contribution in [0.4, 0.5) is 0 Å². The number of halogens is 1. The van der Waals surface area contributed by atoms with Crippen molar-refractivity contribution in [1.82, 2.24) is 10.6 Å². The van der Waals surface area contributed by atoms with Gasteiger partial charge < -0.3 is 15.4 Å². The minimum absolute atomic E-state index is 0. The first-order valence-electron chi connectivity index (χ1n) is 9.67. The molecule has 2 aromatic carbocycles. The Morgan fingerprint density at radius 2 is 1.64 bits per heavy atom. The largest absolute Gasteiger partial charge is 0.377 e. The van der Waals surface area contributed by atoms with E-state index in [1.807, 2.05) is 7.05 Å². The van der Waals surface area contributed by atoms with Crippen LogP contribution in [0.25, 0.3) is 0 Å². The minimum atomic E-state index is 0. The third-order valence-electron chi connectivity index (χ3n) is 4.90. The lowest BCUT2D eigenvalue weighted by atomic mass is 9.91. The molecule has 0 radical (unpaired) electrons. The second kappa shape index (κ2) is 12.6. The summed E-state index contributed by atoms with van der Waals surface area (Å²) in [4.78, 5) is 4.38. The molecule has 0 saturated heterocycles. The zero-order chi connectivity index (χ0) is 18.7. The molecular formula is C23H30IN3O. The number of hydrogen-bond donors (Lipinski definition) is 2. The molecule has 4 nitrogen and oxygen atoms in total. The third-order valence-corrected chi connectivity index (χ3v) is 4.90. The van der Waals surface area contributed by atoms with Gasteiger partial charge in [0.1, 0.15) is 0 Å². The number of benzene rings is 2. The van der Waals surface area contributed by atoms with Gasteiger partial charge in [0.15, 0.2) is 5.96 Å². The summed E-state index contributed by atoms with van der Waals surface area (Å²) >= 11 is 0. The summed E-state index contributed by atoms with van der Waals surface area (Å²) in [5.74, 6) is 1.13. The summed E-state index contributed by atoms with van der Waals surface area (Å²) in [6, 6.07) is 21.3. The Balaban J connectivity index is 0.00000280. The number of nitrogens with zero attached hydrogens (tertiary/aromatic N) is 1. The van der Waals surface area contributed by atoms with Gasteiger partial charge in [-0.05, 0) is 24.0 Å². The van der Waals surface area contributed by atoms with Crippen LogP contribution in [0.2, 0.25) is 0 Å². The fourth-order valence-corrected chi connectivity index (χ4v) is 3.35. The highest BCUT2D eigenvalue weighted by atomic mass is 127. The van der Waals surface area contributed by atoms with Crippen molar-refractivity contribution in [2.45, 2.75) is 18.8 Å². The minimum Gasteiger partial charge on any atom is -0.377 e. The maximum atomic E-state index is 5.36. The maximum Gasteiger partial charge on any atom is 0.191 e. The summed E-state index contributed by atoms with van der Waals surface area (Å²) in [6.07, 6.45) is 4.27. The quantitative estimate of drug-likeness (QED) is 0.262. The molecule has 150 valence electrons. The molecule has 2 N–H and O–H groups in total. The van der Waals surface area contributed by atoms with Crippen molar-refractivity contribution >= 4 is 29.9 Å². The average molecular weight is 491 g/mol. The second-order valence-corrected chi connectivity index (χ2v) is 6.69. The second-order valence-electron chi connectivity index (χ2n) is 6.69. The highest BCUT2D eigenvalue weighted by Gasteiger charge is 2.14. The summed E-state index contributed by atoms with van der Waals surface area (Å²) < 4.78 is 5.36. The van der Waals surface area contributed by atoms with E-state index >= 15 is 0 Å². The van der Waals surface area contributed by atoms with Gasteiger partial charge in [-0.3, -0.25) is 4.99 Å². The maximum absolute atomic E-state index is 5.36. The van der Waals surface area contributed by atoms with Gasteiger partial charge in [0, 0.05) is 26.1 Å². The molecule has 0 atom stereocenters. The molecule has 0 amide bonds. The first kappa shape index (κ1) is 22.4. The normalized spacial score (nSPS) is 14.2. The fourth-order valence-electron chi connectivity index (χ4n) is 3.35. The lowest BCUT2D eigenvalue weighted by Gasteiger charge is -2.21. The van der Waals surface area contributed by atoms with E-state index in [0.717, 1.165) is 45.1 Å². The Bertz CT molecular complexity index is 707. The van der Waals surface area contributed by atoms with Crippen LogP contribution < -0.4 is 10.6 Å². The molecule has 1 heterocycles. The van der Waals surface area contributed by atoms with Gasteiger partial charge in [-0.1, -0.05) is 72.3 Å². The molecule has 0 unspecified atom stereocenters. The van der Waals surface area contributed by atoms with Gasteiger partial charge >= 0.3 is 0 Å². The van der Waals surface area contributed by atoms with E-state index in [1.165, 1.54) is 16.7 Å².